The minimum Gasteiger partial charge on any atom is -0.285 e. The molecule has 0 fully saturated rings. The lowest BCUT2D eigenvalue weighted by Crippen LogP contribution is -2.31. The monoisotopic (exact) mass is 339 g/mol. The summed E-state index contributed by atoms with van der Waals surface area (Å²) in [4.78, 5) is 3.57. The summed E-state index contributed by atoms with van der Waals surface area (Å²) in [5.41, 5.74) is 2.49. The first-order valence-electron chi connectivity index (χ1n) is 7.15. The fraction of sp³-hybridized carbons (Fsp3) is 0.111. The fourth-order valence-electron chi connectivity index (χ4n) is 3.07. The van der Waals surface area contributed by atoms with Crippen LogP contribution in [0.25, 0.3) is 16.2 Å². The molecule has 4 rings (SSSR count). The van der Waals surface area contributed by atoms with Gasteiger partial charge in [-0.1, -0.05) is 54.1 Å². The maximum atomic E-state index is 9.79. The third-order valence-corrected chi connectivity index (χ3v) is 4.98. The molecule has 0 saturated carbocycles. The summed E-state index contributed by atoms with van der Waals surface area (Å²) in [7, 11) is 0. The second kappa shape index (κ2) is 5.13. The number of para-hydroxylation sites is 2. The first kappa shape index (κ1) is 14.3. The minimum atomic E-state index is -1.04. The molecule has 1 aliphatic rings. The van der Waals surface area contributed by atoms with Crippen molar-refractivity contribution < 1.29 is 0 Å². The van der Waals surface area contributed by atoms with E-state index in [0.29, 0.717) is 11.0 Å². The van der Waals surface area contributed by atoms with Gasteiger partial charge in [-0.3, -0.25) is 4.57 Å². The van der Waals surface area contributed by atoms with Crippen LogP contribution in [0.1, 0.15) is 17.3 Å². The lowest BCUT2D eigenvalue weighted by Gasteiger charge is -2.33. The highest BCUT2D eigenvalue weighted by Crippen LogP contribution is 2.49. The Morgan fingerprint density at radius 3 is 2.52 bits per heavy atom. The molecule has 2 heterocycles. The van der Waals surface area contributed by atoms with Crippen LogP contribution in [-0.4, -0.2) is 9.55 Å². The quantitative estimate of drug-likeness (QED) is 0.596. The summed E-state index contributed by atoms with van der Waals surface area (Å²) < 4.78 is 1.80. The lowest BCUT2D eigenvalue weighted by molar-refractivity contribution is 0.616. The van der Waals surface area contributed by atoms with Crippen molar-refractivity contribution in [1.82, 2.24) is 9.55 Å². The molecule has 0 spiro atoms. The van der Waals surface area contributed by atoms with E-state index in [1.54, 1.807) is 10.6 Å². The average molecular weight is 340 g/mol. The topological polar surface area (TPSA) is 41.6 Å². The largest absolute Gasteiger partial charge is 0.285 e. The van der Waals surface area contributed by atoms with Gasteiger partial charge in [-0.05, 0) is 23.8 Å². The van der Waals surface area contributed by atoms with E-state index in [4.69, 9.17) is 23.2 Å². The highest BCUT2D eigenvalue weighted by molar-refractivity contribution is 6.47. The number of aromatic nitrogens is 2. The number of rotatable bonds is 1. The Bertz CT molecular complexity index is 969. The van der Waals surface area contributed by atoms with Gasteiger partial charge < -0.3 is 0 Å². The van der Waals surface area contributed by atoms with Crippen molar-refractivity contribution in [1.29, 1.82) is 5.26 Å². The molecule has 0 aliphatic carbocycles. The Morgan fingerprint density at radius 1 is 1.09 bits per heavy atom. The van der Waals surface area contributed by atoms with Crippen LogP contribution in [-0.2, 0) is 4.87 Å². The van der Waals surface area contributed by atoms with Crippen LogP contribution in [0, 0.1) is 11.3 Å². The average Bonchev–Trinajstić information content (AvgIpc) is 2.95. The zero-order valence-electron chi connectivity index (χ0n) is 11.9. The van der Waals surface area contributed by atoms with Crippen LogP contribution in [0.3, 0.4) is 0 Å². The molecule has 23 heavy (non-hydrogen) atoms. The zero-order valence-corrected chi connectivity index (χ0v) is 13.5. The Kier molecular flexibility index (Phi) is 3.19. The third-order valence-electron chi connectivity index (χ3n) is 4.15. The molecule has 3 aromatic rings. The number of imidazole rings is 1. The summed E-state index contributed by atoms with van der Waals surface area (Å²) in [5.74, 6) is -0.0680. The van der Waals surface area contributed by atoms with Crippen LogP contribution in [0.5, 0.6) is 0 Å². The summed E-state index contributed by atoms with van der Waals surface area (Å²) in [5, 5.41) is 10.2. The van der Waals surface area contributed by atoms with Crippen LogP contribution in [0.15, 0.2) is 60.7 Å². The molecule has 0 radical (unpaired) electrons. The summed E-state index contributed by atoms with van der Waals surface area (Å²) in [6, 6.07) is 19.5. The lowest BCUT2D eigenvalue weighted by atomic mass is 9.83. The minimum absolute atomic E-state index is 0.457. The van der Waals surface area contributed by atoms with Gasteiger partial charge in [-0.25, -0.2) is 4.98 Å². The van der Waals surface area contributed by atoms with Gasteiger partial charge in [0.05, 0.1) is 17.1 Å². The number of nitriles is 1. The van der Waals surface area contributed by atoms with E-state index in [0.717, 1.165) is 16.6 Å². The predicted molar refractivity (Wildman–Crippen MR) is 92.2 cm³/mol. The molecule has 0 amide bonds. The summed E-state index contributed by atoms with van der Waals surface area (Å²) in [6.45, 7) is 0. The highest BCUT2D eigenvalue weighted by Gasteiger charge is 2.45. The first-order valence-corrected chi connectivity index (χ1v) is 7.91. The number of nitrogens with zero attached hydrogens (tertiary/aromatic N) is 3. The number of halogens is 2. The third kappa shape index (κ3) is 1.99. The van der Waals surface area contributed by atoms with Crippen LogP contribution >= 0.6 is 23.2 Å². The van der Waals surface area contributed by atoms with E-state index in [2.05, 4.69) is 11.1 Å². The number of alkyl halides is 1. The maximum Gasteiger partial charge on any atom is 0.135 e. The van der Waals surface area contributed by atoms with Gasteiger partial charge in [0.25, 0.3) is 0 Å². The number of fused-ring (bicyclic) bond motifs is 3. The van der Waals surface area contributed by atoms with Gasteiger partial charge in [-0.15, -0.1) is 11.6 Å². The standard InChI is InChI=1S/C18H11Cl2N3/c19-16-10-18(20,12-6-2-1-3-7-12)13(11-21)17-22-14-8-4-5-9-15(14)23(16)17/h1-10,13H. The molecule has 112 valence electrons. The predicted octanol–water partition coefficient (Wildman–Crippen LogP) is 4.83. The molecule has 0 N–H and O–H groups in total. The summed E-state index contributed by atoms with van der Waals surface area (Å²) >= 11 is 13.4. The van der Waals surface area contributed by atoms with Gasteiger partial charge >= 0.3 is 0 Å². The smallest absolute Gasteiger partial charge is 0.135 e. The second-order valence-electron chi connectivity index (χ2n) is 5.46. The number of benzene rings is 2. The first-order chi connectivity index (χ1) is 11.1. The van der Waals surface area contributed by atoms with Gasteiger partial charge in [0, 0.05) is 0 Å². The van der Waals surface area contributed by atoms with Gasteiger partial charge in [0.1, 0.15) is 21.8 Å². The van der Waals surface area contributed by atoms with Gasteiger partial charge in [0.15, 0.2) is 0 Å². The van der Waals surface area contributed by atoms with E-state index < -0.39 is 10.8 Å². The van der Waals surface area contributed by atoms with E-state index in [1.807, 2.05) is 54.6 Å². The molecule has 2 unspecified atom stereocenters. The number of allylic oxidation sites excluding steroid dienone is 1. The molecule has 0 saturated heterocycles. The zero-order chi connectivity index (χ0) is 16.0. The molecular formula is C18H11Cl2N3. The van der Waals surface area contributed by atoms with Crippen molar-refractivity contribution in [2.45, 2.75) is 10.8 Å². The SMILES string of the molecule is N#CC1c2nc3ccccc3n2C(Cl)=CC1(Cl)c1ccccc1. The van der Waals surface area contributed by atoms with E-state index in [-0.39, 0.29) is 0 Å². The Morgan fingerprint density at radius 2 is 1.78 bits per heavy atom. The normalized spacial score (nSPS) is 23.2. The van der Waals surface area contributed by atoms with Crippen LogP contribution in [0.2, 0.25) is 0 Å². The van der Waals surface area contributed by atoms with Crippen LogP contribution < -0.4 is 0 Å². The molecule has 2 atom stereocenters. The van der Waals surface area contributed by atoms with Gasteiger partial charge in [0.2, 0.25) is 0 Å². The van der Waals surface area contributed by atoms with Crippen molar-refractivity contribution in [3.8, 4) is 6.07 Å². The van der Waals surface area contributed by atoms with E-state index in [9.17, 15) is 5.26 Å². The Hall–Kier alpha value is -2.28. The van der Waals surface area contributed by atoms with Crippen molar-refractivity contribution >= 4 is 39.4 Å². The number of hydrogen-bond acceptors (Lipinski definition) is 2. The maximum absolute atomic E-state index is 9.79. The Labute approximate surface area is 143 Å². The fourth-order valence-corrected chi connectivity index (χ4v) is 3.85. The van der Waals surface area contributed by atoms with Crippen molar-refractivity contribution in [2.24, 2.45) is 0 Å². The molecule has 3 nitrogen and oxygen atoms in total. The van der Waals surface area contributed by atoms with Crippen molar-refractivity contribution in [3.05, 3.63) is 72.1 Å². The molecule has 5 heteroatoms. The van der Waals surface area contributed by atoms with Crippen molar-refractivity contribution in [2.75, 3.05) is 0 Å². The Balaban J connectivity index is 2.02. The number of hydrogen-bond donors (Lipinski definition) is 0. The second-order valence-corrected chi connectivity index (χ2v) is 6.47. The molecule has 1 aromatic heterocycles. The van der Waals surface area contributed by atoms with Crippen molar-refractivity contribution in [3.63, 3.8) is 0 Å². The van der Waals surface area contributed by atoms with Gasteiger partial charge in [-0.2, -0.15) is 5.26 Å². The van der Waals surface area contributed by atoms with Crippen LogP contribution in [0.4, 0.5) is 0 Å². The summed E-state index contributed by atoms with van der Waals surface area (Å²) in [6.07, 6.45) is 1.74. The highest BCUT2D eigenvalue weighted by atomic mass is 35.5. The molecule has 1 aliphatic heterocycles. The molecular weight excluding hydrogens is 329 g/mol. The molecule has 2 aromatic carbocycles. The van der Waals surface area contributed by atoms with E-state index >= 15 is 0 Å². The molecule has 0 bridgehead atoms. The van der Waals surface area contributed by atoms with E-state index in [1.165, 1.54) is 0 Å².